The number of rotatable bonds is 7. The second kappa shape index (κ2) is 7.74. The molecule has 0 unspecified atom stereocenters. The summed E-state index contributed by atoms with van der Waals surface area (Å²) in [5.74, 6) is -0.620. The van der Waals surface area contributed by atoms with Gasteiger partial charge in [0.25, 0.3) is 5.69 Å². The van der Waals surface area contributed by atoms with Gasteiger partial charge in [0, 0.05) is 6.07 Å². The number of nitro groups is 1. The third-order valence-corrected chi connectivity index (χ3v) is 3.02. The number of hydrogen-bond acceptors (Lipinski definition) is 4. The standard InChI is InChI=1S/C13H16ClNO4/c1-2-3-4-5-9-19-13(16)10-7-6-8-11(12(10)14)15(17)18/h6-8H,2-5,9H2,1H3. The Bertz CT molecular complexity index is 462. The molecule has 0 saturated carbocycles. The van der Waals surface area contributed by atoms with Gasteiger partial charge < -0.3 is 4.74 Å². The van der Waals surface area contributed by atoms with Crippen molar-refractivity contribution in [3.8, 4) is 0 Å². The monoisotopic (exact) mass is 285 g/mol. The Morgan fingerprint density at radius 2 is 2.11 bits per heavy atom. The van der Waals surface area contributed by atoms with E-state index in [1.165, 1.54) is 18.2 Å². The quantitative estimate of drug-likeness (QED) is 0.329. The summed E-state index contributed by atoms with van der Waals surface area (Å²) in [5, 5.41) is 10.5. The lowest BCUT2D eigenvalue weighted by atomic mass is 10.2. The van der Waals surface area contributed by atoms with Crippen LogP contribution in [-0.2, 0) is 4.74 Å². The van der Waals surface area contributed by atoms with E-state index in [-0.39, 0.29) is 16.3 Å². The Labute approximate surface area is 116 Å². The van der Waals surface area contributed by atoms with Crippen molar-refractivity contribution >= 4 is 23.3 Å². The summed E-state index contributed by atoms with van der Waals surface area (Å²) in [6, 6.07) is 4.09. The van der Waals surface area contributed by atoms with Crippen molar-refractivity contribution in [3.05, 3.63) is 38.9 Å². The van der Waals surface area contributed by atoms with Crippen molar-refractivity contribution in [2.45, 2.75) is 32.6 Å². The molecule has 0 N–H and O–H groups in total. The molecule has 1 aromatic rings. The molecule has 0 fully saturated rings. The molecule has 0 amide bonds. The number of unbranched alkanes of at least 4 members (excludes halogenated alkanes) is 3. The van der Waals surface area contributed by atoms with Gasteiger partial charge in [-0.05, 0) is 12.5 Å². The van der Waals surface area contributed by atoms with E-state index in [4.69, 9.17) is 16.3 Å². The van der Waals surface area contributed by atoms with E-state index in [1.54, 1.807) is 0 Å². The van der Waals surface area contributed by atoms with Gasteiger partial charge >= 0.3 is 5.97 Å². The van der Waals surface area contributed by atoms with Gasteiger partial charge in [0.2, 0.25) is 0 Å². The van der Waals surface area contributed by atoms with Gasteiger partial charge in [-0.2, -0.15) is 0 Å². The smallest absolute Gasteiger partial charge is 0.339 e. The van der Waals surface area contributed by atoms with Crippen molar-refractivity contribution in [3.63, 3.8) is 0 Å². The Morgan fingerprint density at radius 3 is 2.74 bits per heavy atom. The van der Waals surface area contributed by atoms with Gasteiger partial charge in [-0.1, -0.05) is 43.9 Å². The Balaban J connectivity index is 2.62. The molecule has 6 heteroatoms. The fourth-order valence-electron chi connectivity index (χ4n) is 1.59. The Kier molecular flexibility index (Phi) is 6.29. The van der Waals surface area contributed by atoms with E-state index in [0.717, 1.165) is 25.7 Å². The molecule has 0 aliphatic carbocycles. The summed E-state index contributed by atoms with van der Waals surface area (Å²) in [6.45, 7) is 2.40. The molecular formula is C13H16ClNO4. The molecule has 0 saturated heterocycles. The number of benzene rings is 1. The fourth-order valence-corrected chi connectivity index (χ4v) is 1.86. The third kappa shape index (κ3) is 4.52. The minimum atomic E-state index is -0.625. The second-order valence-electron chi connectivity index (χ2n) is 4.09. The van der Waals surface area contributed by atoms with Crippen LogP contribution in [0.15, 0.2) is 18.2 Å². The van der Waals surface area contributed by atoms with Crippen LogP contribution in [0.2, 0.25) is 5.02 Å². The van der Waals surface area contributed by atoms with Crippen LogP contribution in [0.3, 0.4) is 0 Å². The number of carbonyl (C=O) groups excluding carboxylic acids is 1. The normalized spacial score (nSPS) is 10.2. The van der Waals surface area contributed by atoms with Crippen molar-refractivity contribution in [2.75, 3.05) is 6.61 Å². The molecule has 1 rings (SSSR count). The van der Waals surface area contributed by atoms with Crippen LogP contribution in [0.25, 0.3) is 0 Å². The van der Waals surface area contributed by atoms with Crippen molar-refractivity contribution in [1.82, 2.24) is 0 Å². The lowest BCUT2D eigenvalue weighted by molar-refractivity contribution is -0.384. The molecule has 19 heavy (non-hydrogen) atoms. The summed E-state index contributed by atoms with van der Waals surface area (Å²) < 4.78 is 5.04. The highest BCUT2D eigenvalue weighted by Gasteiger charge is 2.20. The topological polar surface area (TPSA) is 69.4 Å². The van der Waals surface area contributed by atoms with Gasteiger partial charge in [0.15, 0.2) is 0 Å². The van der Waals surface area contributed by atoms with Gasteiger partial charge in [-0.15, -0.1) is 0 Å². The van der Waals surface area contributed by atoms with Crippen LogP contribution in [-0.4, -0.2) is 17.5 Å². The molecule has 0 aromatic heterocycles. The second-order valence-corrected chi connectivity index (χ2v) is 4.47. The van der Waals surface area contributed by atoms with Crippen LogP contribution >= 0.6 is 11.6 Å². The van der Waals surface area contributed by atoms with E-state index in [9.17, 15) is 14.9 Å². The predicted octanol–water partition coefficient (Wildman–Crippen LogP) is 3.99. The fraction of sp³-hybridized carbons (Fsp3) is 0.462. The Hall–Kier alpha value is -1.62. The molecule has 0 aliphatic heterocycles. The van der Waals surface area contributed by atoms with Gasteiger partial charge in [-0.25, -0.2) is 4.79 Å². The number of hydrogen-bond donors (Lipinski definition) is 0. The van der Waals surface area contributed by atoms with Gasteiger partial charge in [-0.3, -0.25) is 10.1 Å². The molecule has 0 radical (unpaired) electrons. The van der Waals surface area contributed by atoms with E-state index >= 15 is 0 Å². The average molecular weight is 286 g/mol. The van der Waals surface area contributed by atoms with E-state index in [2.05, 4.69) is 6.92 Å². The molecule has 5 nitrogen and oxygen atoms in total. The number of nitro benzene ring substituents is 1. The average Bonchev–Trinajstić information content (AvgIpc) is 2.38. The maximum atomic E-state index is 11.7. The number of esters is 1. The van der Waals surface area contributed by atoms with Crippen molar-refractivity contribution in [1.29, 1.82) is 0 Å². The highest BCUT2D eigenvalue weighted by molar-refractivity contribution is 6.35. The van der Waals surface area contributed by atoms with E-state index in [0.29, 0.717) is 6.61 Å². The molecule has 0 bridgehead atoms. The molecule has 0 atom stereocenters. The molecule has 0 spiro atoms. The summed E-state index contributed by atoms with van der Waals surface area (Å²) in [5.41, 5.74) is -0.256. The first-order valence-corrected chi connectivity index (χ1v) is 6.55. The lowest BCUT2D eigenvalue weighted by Gasteiger charge is -2.06. The lowest BCUT2D eigenvalue weighted by Crippen LogP contribution is -2.08. The van der Waals surface area contributed by atoms with E-state index in [1.807, 2.05) is 0 Å². The van der Waals surface area contributed by atoms with Crippen LogP contribution in [0, 0.1) is 10.1 Å². The first kappa shape index (κ1) is 15.4. The number of carbonyl (C=O) groups is 1. The van der Waals surface area contributed by atoms with Crippen LogP contribution < -0.4 is 0 Å². The highest BCUT2D eigenvalue weighted by atomic mass is 35.5. The molecule has 104 valence electrons. The van der Waals surface area contributed by atoms with E-state index < -0.39 is 10.9 Å². The van der Waals surface area contributed by atoms with Gasteiger partial charge in [0.05, 0.1) is 17.1 Å². The molecular weight excluding hydrogens is 270 g/mol. The zero-order valence-corrected chi connectivity index (χ0v) is 11.5. The maximum Gasteiger partial charge on any atom is 0.339 e. The minimum absolute atomic E-state index is 0.0337. The number of halogens is 1. The minimum Gasteiger partial charge on any atom is -0.462 e. The summed E-state index contributed by atoms with van der Waals surface area (Å²) in [7, 11) is 0. The van der Waals surface area contributed by atoms with Crippen molar-refractivity contribution < 1.29 is 14.5 Å². The van der Waals surface area contributed by atoms with Crippen LogP contribution in [0.5, 0.6) is 0 Å². The predicted molar refractivity (Wildman–Crippen MR) is 72.5 cm³/mol. The first-order chi connectivity index (χ1) is 9.07. The highest BCUT2D eigenvalue weighted by Crippen LogP contribution is 2.28. The summed E-state index contributed by atoms with van der Waals surface area (Å²) >= 11 is 5.82. The number of ether oxygens (including phenoxy) is 1. The number of nitrogens with zero attached hydrogens (tertiary/aromatic N) is 1. The molecule has 0 aliphatic rings. The zero-order valence-electron chi connectivity index (χ0n) is 10.7. The molecule has 0 heterocycles. The zero-order chi connectivity index (χ0) is 14.3. The summed E-state index contributed by atoms with van der Waals surface area (Å²) in [4.78, 5) is 21.8. The summed E-state index contributed by atoms with van der Waals surface area (Å²) in [6.07, 6.45) is 3.97. The van der Waals surface area contributed by atoms with Crippen LogP contribution in [0.4, 0.5) is 5.69 Å². The Morgan fingerprint density at radius 1 is 1.37 bits per heavy atom. The SMILES string of the molecule is CCCCCCOC(=O)c1cccc([N+](=O)[O-])c1Cl. The van der Waals surface area contributed by atoms with Gasteiger partial charge in [0.1, 0.15) is 5.02 Å². The molecule has 1 aromatic carbocycles. The van der Waals surface area contributed by atoms with Crippen molar-refractivity contribution in [2.24, 2.45) is 0 Å². The third-order valence-electron chi connectivity index (χ3n) is 2.63. The largest absolute Gasteiger partial charge is 0.462 e. The van der Waals surface area contributed by atoms with Crippen LogP contribution in [0.1, 0.15) is 43.0 Å². The maximum absolute atomic E-state index is 11.7. The first-order valence-electron chi connectivity index (χ1n) is 6.18.